The van der Waals surface area contributed by atoms with Crippen molar-refractivity contribution in [3.05, 3.63) is 59.7 Å². The van der Waals surface area contributed by atoms with Crippen LogP contribution < -0.4 is 10.4 Å². The normalized spacial score (nSPS) is 31.8. The summed E-state index contributed by atoms with van der Waals surface area (Å²) in [5, 5.41) is 3.18. The molecule has 6 saturated carbocycles. The molecule has 8 rings (SSSR count). The van der Waals surface area contributed by atoms with Crippen LogP contribution in [-0.2, 0) is 0 Å². The van der Waals surface area contributed by atoms with Crippen LogP contribution in [-0.4, -0.2) is 16.1 Å². The first-order valence-electron chi connectivity index (χ1n) is 16.5. The molecule has 214 valence electrons. The summed E-state index contributed by atoms with van der Waals surface area (Å²) in [7, 11) is -3.03. The van der Waals surface area contributed by atoms with Crippen molar-refractivity contribution in [2.75, 3.05) is 0 Å². The van der Waals surface area contributed by atoms with Gasteiger partial charge in [0.1, 0.15) is 0 Å². The van der Waals surface area contributed by atoms with Crippen LogP contribution in [0.25, 0.3) is 0 Å². The van der Waals surface area contributed by atoms with Gasteiger partial charge in [-0.25, -0.2) is 0 Å². The maximum Gasteiger partial charge on any atom is 0.0809 e. The minimum atomic E-state index is -1.52. The summed E-state index contributed by atoms with van der Waals surface area (Å²) in [6.07, 6.45) is 8.83. The topological polar surface area (TPSA) is 0 Å². The van der Waals surface area contributed by atoms with Crippen molar-refractivity contribution < 1.29 is 0 Å². The maximum atomic E-state index is 3.58. The van der Waals surface area contributed by atoms with Crippen molar-refractivity contribution in [2.24, 2.45) is 46.3 Å². The molecule has 2 aromatic carbocycles. The molecule has 0 spiro atoms. The number of hydrogen-bond acceptors (Lipinski definition) is 0. The van der Waals surface area contributed by atoms with E-state index in [9.17, 15) is 0 Å². The monoisotopic (exact) mass is 566 g/mol. The molecule has 0 aromatic heterocycles. The van der Waals surface area contributed by atoms with Crippen LogP contribution in [0.2, 0.25) is 38.3 Å². The van der Waals surface area contributed by atoms with Gasteiger partial charge in [-0.3, -0.25) is 0 Å². The van der Waals surface area contributed by atoms with Gasteiger partial charge in [0.05, 0.1) is 16.1 Å². The van der Waals surface area contributed by atoms with Crippen molar-refractivity contribution >= 4 is 26.5 Å². The van der Waals surface area contributed by atoms with Crippen LogP contribution in [0, 0.1) is 58.2 Å². The molecule has 6 fully saturated rings. The van der Waals surface area contributed by atoms with Crippen LogP contribution in [0.15, 0.2) is 48.5 Å². The van der Waals surface area contributed by atoms with Gasteiger partial charge in [0, 0.05) is 11.1 Å². The van der Waals surface area contributed by atoms with Crippen molar-refractivity contribution in [1.82, 2.24) is 0 Å². The fraction of sp³-hybridized carbons (Fsp3) is 0.632. The molecule has 0 aliphatic heterocycles. The van der Waals surface area contributed by atoms with Gasteiger partial charge in [-0.15, -0.1) is 0 Å². The molecule has 2 heteroatoms. The Balaban J connectivity index is 1.15. The van der Waals surface area contributed by atoms with E-state index in [2.05, 4.69) is 114 Å². The van der Waals surface area contributed by atoms with Crippen LogP contribution in [0.3, 0.4) is 0 Å². The Morgan fingerprint density at radius 3 is 1.38 bits per heavy atom. The van der Waals surface area contributed by atoms with E-state index in [0.29, 0.717) is 10.8 Å². The lowest BCUT2D eigenvalue weighted by Crippen LogP contribution is -2.55. The van der Waals surface area contributed by atoms with Gasteiger partial charge in [0.25, 0.3) is 0 Å². The number of rotatable bonds is 6. The summed E-state index contributed by atoms with van der Waals surface area (Å²) < 4.78 is 0. The standard InChI is InChI=1S/C38H54Si2/c1-37(2)31-19-17-29(35(37)23-31)25-39(5,6)33-13-9-11-27(21-33)15-16-28-12-10-14-34(22-28)40(7,8)26-30-18-20-32-24-36(30)38(32,3)4/h9-14,21-22,29-32,35-36H,17-20,23-26H2,1-8H3. The predicted molar refractivity (Wildman–Crippen MR) is 179 cm³/mol. The molecule has 0 radical (unpaired) electrons. The predicted octanol–water partition coefficient (Wildman–Crippen LogP) is 9.06. The van der Waals surface area contributed by atoms with Gasteiger partial charge in [0.15, 0.2) is 0 Å². The van der Waals surface area contributed by atoms with Gasteiger partial charge >= 0.3 is 0 Å². The quantitative estimate of drug-likeness (QED) is 0.242. The Morgan fingerprint density at radius 2 is 1.02 bits per heavy atom. The van der Waals surface area contributed by atoms with Crippen molar-refractivity contribution in [3.8, 4) is 11.8 Å². The van der Waals surface area contributed by atoms with Crippen molar-refractivity contribution in [1.29, 1.82) is 0 Å². The SMILES string of the molecule is CC1(C)C2CCC(C[Si](C)(C)c3cccc(C#Cc4cccc([Si](C)(C)CC5CCC6CC5C6(C)C)c4)c3)C1C2. The van der Waals surface area contributed by atoms with Gasteiger partial charge in [-0.05, 0) is 96.3 Å². The molecule has 0 heterocycles. The van der Waals surface area contributed by atoms with Crippen molar-refractivity contribution in [2.45, 2.75) is 104 Å². The first-order chi connectivity index (χ1) is 18.8. The van der Waals surface area contributed by atoms with E-state index in [-0.39, 0.29) is 0 Å². The Morgan fingerprint density at radius 1 is 0.625 bits per heavy atom. The van der Waals surface area contributed by atoms with Crippen molar-refractivity contribution in [3.63, 3.8) is 0 Å². The highest BCUT2D eigenvalue weighted by Crippen LogP contribution is 2.63. The zero-order valence-corrected chi connectivity index (χ0v) is 28.7. The lowest BCUT2D eigenvalue weighted by molar-refractivity contribution is -0.0990. The van der Waals surface area contributed by atoms with E-state index in [4.69, 9.17) is 0 Å². The van der Waals surface area contributed by atoms with E-state index >= 15 is 0 Å². The maximum absolute atomic E-state index is 3.58. The Bertz CT molecular complexity index is 1210. The minimum Gasteiger partial charge on any atom is -0.0654 e. The highest BCUT2D eigenvalue weighted by Gasteiger charge is 2.55. The molecule has 0 saturated heterocycles. The molecule has 40 heavy (non-hydrogen) atoms. The highest BCUT2D eigenvalue weighted by molar-refractivity contribution is 6.90. The van der Waals surface area contributed by atoms with E-state index in [1.54, 1.807) is 10.4 Å². The largest absolute Gasteiger partial charge is 0.0809 e. The molecule has 6 unspecified atom stereocenters. The Labute approximate surface area is 248 Å². The second-order valence-electron chi connectivity index (χ2n) is 17.0. The van der Waals surface area contributed by atoms with Crippen LogP contribution in [0.1, 0.15) is 77.3 Å². The molecule has 4 bridgehead atoms. The number of fused-ring (bicyclic) bond motifs is 4. The van der Waals surface area contributed by atoms with Gasteiger partial charge in [-0.2, -0.15) is 0 Å². The van der Waals surface area contributed by atoms with Gasteiger partial charge < -0.3 is 0 Å². The smallest absolute Gasteiger partial charge is 0.0654 e. The van der Waals surface area contributed by atoms with E-state index in [1.807, 2.05) is 0 Å². The first-order valence-corrected chi connectivity index (χ1v) is 22.9. The average Bonchev–Trinajstić information content (AvgIpc) is 2.91. The molecule has 6 aliphatic rings. The average molecular weight is 567 g/mol. The summed E-state index contributed by atoms with van der Waals surface area (Å²) >= 11 is 0. The second kappa shape index (κ2) is 10.0. The Hall–Kier alpha value is -1.57. The molecular formula is C38H54Si2. The summed E-state index contributed by atoms with van der Waals surface area (Å²) in [4.78, 5) is 0. The fourth-order valence-corrected chi connectivity index (χ4v) is 16.4. The number of benzene rings is 2. The minimum absolute atomic E-state index is 0.583. The molecular weight excluding hydrogens is 513 g/mol. The van der Waals surface area contributed by atoms with E-state index in [1.165, 1.54) is 61.7 Å². The third kappa shape index (κ3) is 5.02. The Kier molecular flexibility index (Phi) is 7.15. The molecule has 2 aromatic rings. The van der Waals surface area contributed by atoms with E-state index < -0.39 is 16.1 Å². The number of hydrogen-bond donors (Lipinski definition) is 0. The first kappa shape index (κ1) is 28.5. The summed E-state index contributed by atoms with van der Waals surface area (Å²) in [6.45, 7) is 20.6. The van der Waals surface area contributed by atoms with Gasteiger partial charge in [0.2, 0.25) is 0 Å². The molecule has 6 aliphatic carbocycles. The van der Waals surface area contributed by atoms with Crippen LogP contribution in [0.5, 0.6) is 0 Å². The second-order valence-corrected chi connectivity index (χ2v) is 26.5. The lowest BCUT2D eigenvalue weighted by atomic mass is 9.46. The van der Waals surface area contributed by atoms with Crippen LogP contribution in [0.4, 0.5) is 0 Å². The highest BCUT2D eigenvalue weighted by atomic mass is 28.3. The zero-order valence-electron chi connectivity index (χ0n) is 26.7. The van der Waals surface area contributed by atoms with E-state index in [0.717, 1.165) is 35.5 Å². The van der Waals surface area contributed by atoms with Crippen LogP contribution >= 0.6 is 0 Å². The molecule has 0 amide bonds. The third-order valence-corrected chi connectivity index (χ3v) is 20.0. The summed E-state index contributed by atoms with van der Waals surface area (Å²) in [6, 6.07) is 21.5. The third-order valence-electron chi connectivity index (χ3n) is 13.2. The fourth-order valence-electron chi connectivity index (χ4n) is 10.1. The zero-order chi connectivity index (χ0) is 28.5. The molecule has 6 atom stereocenters. The van der Waals surface area contributed by atoms with Gasteiger partial charge in [-0.1, -0.05) is 125 Å². The summed E-state index contributed by atoms with van der Waals surface area (Å²) in [5.41, 5.74) is 3.55. The lowest BCUT2D eigenvalue weighted by Gasteiger charge is -2.61. The molecule has 0 N–H and O–H groups in total. The summed E-state index contributed by atoms with van der Waals surface area (Å²) in [5.74, 6) is 12.9. The molecule has 0 nitrogen and oxygen atoms in total.